The van der Waals surface area contributed by atoms with Crippen molar-refractivity contribution in [1.82, 2.24) is 4.90 Å². The summed E-state index contributed by atoms with van der Waals surface area (Å²) in [6, 6.07) is 9.88. The molecule has 1 saturated heterocycles. The number of imide groups is 1. The van der Waals surface area contributed by atoms with E-state index in [1.165, 1.54) is 0 Å². The third-order valence-electron chi connectivity index (χ3n) is 6.28. The van der Waals surface area contributed by atoms with Crippen LogP contribution >= 0.6 is 7.92 Å². The smallest absolute Gasteiger partial charge is 0.419 e. The number of unbranched alkanes of at least 4 members (excludes halogenated alkanes) is 1. The van der Waals surface area contributed by atoms with Crippen LogP contribution in [0.25, 0.3) is 0 Å². The van der Waals surface area contributed by atoms with Crippen LogP contribution in [0.2, 0.25) is 0 Å². The zero-order valence-corrected chi connectivity index (χ0v) is 25.3. The van der Waals surface area contributed by atoms with Crippen LogP contribution in [-0.2, 0) is 25.3 Å². The molecule has 2 amide bonds. The fourth-order valence-electron chi connectivity index (χ4n) is 4.57. The van der Waals surface area contributed by atoms with Gasteiger partial charge in [0.05, 0.1) is 0 Å². The highest BCUT2D eigenvalue weighted by molar-refractivity contribution is 7.57. The van der Waals surface area contributed by atoms with Crippen molar-refractivity contribution in [2.24, 2.45) is 0 Å². The summed E-state index contributed by atoms with van der Waals surface area (Å²) < 4.78 is 10.8. The first-order valence-corrected chi connectivity index (χ1v) is 15.4. The van der Waals surface area contributed by atoms with E-state index in [0.29, 0.717) is 6.16 Å². The molecular formula is C28H45N2O8P. The molecule has 11 heteroatoms. The lowest BCUT2D eigenvalue weighted by Gasteiger charge is -2.55. The molecule has 39 heavy (non-hydrogen) atoms. The Morgan fingerprint density at radius 2 is 1.59 bits per heavy atom. The molecule has 0 saturated carbocycles. The molecule has 0 bridgehead atoms. The van der Waals surface area contributed by atoms with Gasteiger partial charge in [0.25, 0.3) is 0 Å². The number of nitrogens with zero attached hydrogens (tertiary/aromatic N) is 2. The van der Waals surface area contributed by atoms with E-state index >= 15 is 0 Å². The fraction of sp³-hybridized carbons (Fsp3) is 0.679. The Bertz CT molecular complexity index is 950. The number of carbonyl (C=O) groups is 3. The molecule has 220 valence electrons. The second-order valence-corrected chi connectivity index (χ2v) is 14.3. The average molecular weight is 569 g/mol. The Morgan fingerprint density at radius 3 is 2.08 bits per heavy atom. The third kappa shape index (κ3) is 9.41. The molecule has 0 spiro atoms. The van der Waals surface area contributed by atoms with Gasteiger partial charge in [-0.1, -0.05) is 38.3 Å². The van der Waals surface area contributed by atoms with E-state index in [4.69, 9.17) is 14.3 Å². The summed E-state index contributed by atoms with van der Waals surface area (Å²) >= 11 is 0. The quantitative estimate of drug-likeness (QED) is 0.155. The Morgan fingerprint density at radius 1 is 1.03 bits per heavy atom. The minimum absolute atomic E-state index is 0.0359. The summed E-state index contributed by atoms with van der Waals surface area (Å²) in [5.74, 6) is -1.18. The Balaban J connectivity index is 2.20. The van der Waals surface area contributed by atoms with E-state index in [-0.39, 0.29) is 45.1 Å². The first-order valence-electron chi connectivity index (χ1n) is 13.5. The van der Waals surface area contributed by atoms with E-state index in [9.17, 15) is 24.7 Å². The summed E-state index contributed by atoms with van der Waals surface area (Å²) in [5.41, 5.74) is -2.19. The standard InChI is InChI=1S/C28H45N2O8P/c1-8-36-30(35)18-19-39(20-22-14-10-9-11-15-22)21-28(30,23(31)32)16-12-13-17-29(24(33)37-26(2,3)4)25(34)38-27(5,6)7/h9-11,14-15H,8,12-13,16-21H2,1-7H3,(H,31,32)/t28-,30?,39?/m1/s1. The van der Waals surface area contributed by atoms with Crippen molar-refractivity contribution < 1.29 is 38.6 Å². The van der Waals surface area contributed by atoms with E-state index in [2.05, 4.69) is 0 Å². The van der Waals surface area contributed by atoms with Gasteiger partial charge in [-0.05, 0) is 73.0 Å². The molecule has 1 heterocycles. The summed E-state index contributed by atoms with van der Waals surface area (Å²) in [7, 11) is -0.758. The van der Waals surface area contributed by atoms with Crippen molar-refractivity contribution >= 4 is 26.1 Å². The average Bonchev–Trinajstić information content (AvgIpc) is 2.79. The summed E-state index contributed by atoms with van der Waals surface area (Å²) in [4.78, 5) is 43.6. The number of carboxylic acids is 1. The van der Waals surface area contributed by atoms with Crippen molar-refractivity contribution in [1.29, 1.82) is 0 Å². The molecule has 1 fully saturated rings. The van der Waals surface area contributed by atoms with Crippen molar-refractivity contribution in [3.63, 3.8) is 0 Å². The number of ether oxygens (including phenoxy) is 2. The van der Waals surface area contributed by atoms with E-state index in [1.807, 2.05) is 30.3 Å². The molecule has 0 radical (unpaired) electrons. The third-order valence-corrected chi connectivity index (χ3v) is 8.90. The molecule has 1 aromatic carbocycles. The minimum atomic E-state index is -1.67. The van der Waals surface area contributed by atoms with Crippen molar-refractivity contribution in [2.45, 2.75) is 90.6 Å². The molecule has 1 aromatic rings. The van der Waals surface area contributed by atoms with Crippen LogP contribution in [-0.4, -0.2) is 81.7 Å². The molecule has 1 aliphatic heterocycles. The second-order valence-electron chi connectivity index (χ2n) is 11.9. The second kappa shape index (κ2) is 13.4. The van der Waals surface area contributed by atoms with Gasteiger partial charge in [-0.2, -0.15) is 4.81 Å². The topological polar surface area (TPSA) is 125 Å². The molecule has 2 rings (SSSR count). The van der Waals surface area contributed by atoms with Gasteiger partial charge < -0.3 is 19.8 Å². The predicted molar refractivity (Wildman–Crippen MR) is 150 cm³/mol. The summed E-state index contributed by atoms with van der Waals surface area (Å²) in [5, 5.41) is 24.3. The van der Waals surface area contributed by atoms with Crippen molar-refractivity contribution in [2.75, 3.05) is 32.0 Å². The highest BCUT2D eigenvalue weighted by Gasteiger charge is 2.58. The largest absolute Gasteiger partial charge is 0.597 e. The molecule has 10 nitrogen and oxygen atoms in total. The number of carbonyl (C=O) groups excluding carboxylic acids is 2. The molecule has 0 aromatic heterocycles. The lowest BCUT2D eigenvalue weighted by Crippen LogP contribution is -2.69. The van der Waals surface area contributed by atoms with Crippen LogP contribution in [0.15, 0.2) is 30.3 Å². The number of carboxylic acid groups (broad SMARTS) is 1. The van der Waals surface area contributed by atoms with Crippen molar-refractivity contribution in [3.05, 3.63) is 41.1 Å². The molecule has 2 unspecified atom stereocenters. The number of amides is 2. The van der Waals surface area contributed by atoms with Gasteiger partial charge in [-0.25, -0.2) is 24.1 Å². The maximum atomic E-state index is 13.9. The van der Waals surface area contributed by atoms with Crippen LogP contribution < -0.4 is 0 Å². The summed E-state index contributed by atoms with van der Waals surface area (Å²) in [6.45, 7) is 12.0. The van der Waals surface area contributed by atoms with Crippen LogP contribution in [0.1, 0.15) is 73.3 Å². The normalized spacial score (nSPS) is 23.6. The van der Waals surface area contributed by atoms with Gasteiger partial charge in [-0.3, -0.25) is 0 Å². The lowest BCUT2D eigenvalue weighted by molar-refractivity contribution is -1.10. The van der Waals surface area contributed by atoms with Gasteiger partial charge in [0, 0.05) is 25.3 Å². The van der Waals surface area contributed by atoms with E-state index < -0.39 is 47.6 Å². The summed E-state index contributed by atoms with van der Waals surface area (Å²) in [6.07, 6.45) is 0.535. The van der Waals surface area contributed by atoms with E-state index in [0.717, 1.165) is 16.6 Å². The fourth-order valence-corrected chi connectivity index (χ4v) is 7.52. The lowest BCUT2D eigenvalue weighted by atomic mass is 9.93. The van der Waals surface area contributed by atoms with Crippen LogP contribution in [0, 0.1) is 5.21 Å². The number of hydrogen-bond donors (Lipinski definition) is 1. The first kappa shape index (κ1) is 32.9. The van der Waals surface area contributed by atoms with Gasteiger partial charge >= 0.3 is 18.2 Å². The van der Waals surface area contributed by atoms with E-state index in [1.54, 1.807) is 48.5 Å². The molecule has 1 aliphatic rings. The minimum Gasteiger partial charge on any atom is -0.597 e. The van der Waals surface area contributed by atoms with Crippen molar-refractivity contribution in [3.8, 4) is 0 Å². The number of quaternary nitrogens is 1. The van der Waals surface area contributed by atoms with Gasteiger partial charge in [0.2, 0.25) is 5.54 Å². The number of aliphatic carboxylic acids is 1. The van der Waals surface area contributed by atoms with Gasteiger partial charge in [0.1, 0.15) is 24.4 Å². The van der Waals surface area contributed by atoms with Crippen LogP contribution in [0.5, 0.6) is 0 Å². The van der Waals surface area contributed by atoms with Gasteiger partial charge in [-0.15, -0.1) is 0 Å². The number of rotatable bonds is 10. The number of hydroxylamine groups is 4. The zero-order chi connectivity index (χ0) is 29.5. The number of hydrogen-bond acceptors (Lipinski definition) is 7. The van der Waals surface area contributed by atoms with Crippen LogP contribution in [0.4, 0.5) is 9.59 Å². The molecule has 0 aliphatic carbocycles. The molecular weight excluding hydrogens is 523 g/mol. The molecule has 3 atom stereocenters. The molecule has 1 N–H and O–H groups in total. The SMILES string of the molecule is CCO[N+]1([O-])CCP(Cc2ccccc2)C[C@]1(CCCCN(C(=O)OC(C)(C)C)C(=O)OC(C)(C)C)C(=O)O. The maximum Gasteiger partial charge on any atom is 0.419 e. The maximum absolute atomic E-state index is 13.9. The highest BCUT2D eigenvalue weighted by atomic mass is 31.1. The number of benzene rings is 1. The first-order chi connectivity index (χ1) is 18.0. The van der Waals surface area contributed by atoms with Gasteiger partial charge in [0.15, 0.2) is 0 Å². The highest BCUT2D eigenvalue weighted by Crippen LogP contribution is 2.52. The Labute approximate surface area is 233 Å². The predicted octanol–water partition coefficient (Wildman–Crippen LogP) is 6.11. The Hall–Kier alpha value is -2.26. The monoisotopic (exact) mass is 568 g/mol. The van der Waals surface area contributed by atoms with Crippen LogP contribution in [0.3, 0.4) is 0 Å². The Kier molecular flexibility index (Phi) is 11.3. The zero-order valence-electron chi connectivity index (χ0n) is 24.4.